The van der Waals surface area contributed by atoms with Gasteiger partial charge in [0.05, 0.1) is 15.2 Å². The highest BCUT2D eigenvalue weighted by molar-refractivity contribution is 9.10. The molecule has 0 amide bonds. The Morgan fingerprint density at radius 2 is 2.05 bits per heavy atom. The fourth-order valence-corrected chi connectivity index (χ4v) is 3.89. The van der Waals surface area contributed by atoms with Gasteiger partial charge in [0.25, 0.3) is 0 Å². The van der Waals surface area contributed by atoms with E-state index in [9.17, 15) is 0 Å². The van der Waals surface area contributed by atoms with Crippen molar-refractivity contribution in [1.82, 2.24) is 10.3 Å². The minimum absolute atomic E-state index is 0.299. The Balaban J connectivity index is 1.87. The Morgan fingerprint density at radius 3 is 2.81 bits per heavy atom. The van der Waals surface area contributed by atoms with E-state index in [2.05, 4.69) is 70.6 Å². The van der Waals surface area contributed by atoms with Crippen LogP contribution in [-0.2, 0) is 6.42 Å². The van der Waals surface area contributed by atoms with Gasteiger partial charge in [0, 0.05) is 16.9 Å². The second kappa shape index (κ2) is 6.69. The number of hydrogen-bond acceptors (Lipinski definition) is 3. The third kappa shape index (κ3) is 3.51. The molecule has 1 aromatic heterocycles. The Bertz CT molecular complexity index is 705. The lowest BCUT2D eigenvalue weighted by Crippen LogP contribution is -2.22. The molecule has 3 aromatic rings. The van der Waals surface area contributed by atoms with E-state index in [0.29, 0.717) is 6.04 Å². The predicted molar refractivity (Wildman–Crippen MR) is 93.9 cm³/mol. The standard InChI is InChI=1S/C17H17BrN2S/c1-2-19-15(12-6-5-7-13(18)10-12)11-17-20-14-8-3-4-9-16(14)21-17/h3-10,15,19H,2,11H2,1H3. The molecule has 0 spiro atoms. The SMILES string of the molecule is CCNC(Cc1nc2ccccc2s1)c1cccc(Br)c1. The second-order valence-corrected chi connectivity index (χ2v) is 6.98. The molecule has 0 fully saturated rings. The van der Waals surface area contributed by atoms with E-state index in [0.717, 1.165) is 23.0 Å². The van der Waals surface area contributed by atoms with E-state index >= 15 is 0 Å². The van der Waals surface area contributed by atoms with Crippen LogP contribution in [0.5, 0.6) is 0 Å². The summed E-state index contributed by atoms with van der Waals surface area (Å²) in [5.74, 6) is 0. The minimum Gasteiger partial charge on any atom is -0.310 e. The van der Waals surface area contributed by atoms with Crippen molar-refractivity contribution in [3.05, 3.63) is 63.6 Å². The summed E-state index contributed by atoms with van der Waals surface area (Å²) in [5.41, 5.74) is 2.40. The van der Waals surface area contributed by atoms with E-state index in [-0.39, 0.29) is 0 Å². The minimum atomic E-state index is 0.299. The fourth-order valence-electron chi connectivity index (χ4n) is 2.46. The van der Waals surface area contributed by atoms with Gasteiger partial charge in [-0.05, 0) is 36.4 Å². The Labute approximate surface area is 137 Å². The van der Waals surface area contributed by atoms with Gasteiger partial charge in [-0.15, -0.1) is 11.3 Å². The number of halogens is 1. The van der Waals surface area contributed by atoms with Crippen molar-refractivity contribution in [2.45, 2.75) is 19.4 Å². The summed E-state index contributed by atoms with van der Waals surface area (Å²) in [6.45, 7) is 3.09. The number of aromatic nitrogens is 1. The molecule has 0 radical (unpaired) electrons. The molecule has 1 unspecified atom stereocenters. The molecular weight excluding hydrogens is 344 g/mol. The monoisotopic (exact) mass is 360 g/mol. The summed E-state index contributed by atoms with van der Waals surface area (Å²) >= 11 is 5.34. The zero-order chi connectivity index (χ0) is 14.7. The van der Waals surface area contributed by atoms with Crippen LogP contribution in [-0.4, -0.2) is 11.5 Å². The molecule has 108 valence electrons. The zero-order valence-corrected chi connectivity index (χ0v) is 14.2. The third-order valence-corrected chi connectivity index (χ3v) is 4.97. The lowest BCUT2D eigenvalue weighted by atomic mass is 10.0. The predicted octanol–water partition coefficient (Wildman–Crippen LogP) is 4.95. The normalized spacial score (nSPS) is 12.7. The summed E-state index contributed by atoms with van der Waals surface area (Å²) in [6.07, 6.45) is 0.920. The van der Waals surface area contributed by atoms with Crippen LogP contribution in [0, 0.1) is 0 Å². The van der Waals surface area contributed by atoms with Gasteiger partial charge in [-0.3, -0.25) is 0 Å². The van der Waals surface area contributed by atoms with Gasteiger partial charge >= 0.3 is 0 Å². The van der Waals surface area contributed by atoms with Gasteiger partial charge in [0.2, 0.25) is 0 Å². The number of likely N-dealkylation sites (N-methyl/N-ethyl adjacent to an activating group) is 1. The van der Waals surface area contributed by atoms with Crippen molar-refractivity contribution in [2.75, 3.05) is 6.54 Å². The smallest absolute Gasteiger partial charge is 0.0957 e. The molecule has 2 nitrogen and oxygen atoms in total. The quantitative estimate of drug-likeness (QED) is 0.695. The molecule has 1 N–H and O–H groups in total. The molecule has 21 heavy (non-hydrogen) atoms. The van der Waals surface area contributed by atoms with E-state index < -0.39 is 0 Å². The number of nitrogens with zero attached hydrogens (tertiary/aromatic N) is 1. The Morgan fingerprint density at radius 1 is 1.19 bits per heavy atom. The lowest BCUT2D eigenvalue weighted by Gasteiger charge is -2.17. The van der Waals surface area contributed by atoms with Gasteiger partial charge < -0.3 is 5.32 Å². The molecule has 2 aromatic carbocycles. The van der Waals surface area contributed by atoms with Crippen molar-refractivity contribution < 1.29 is 0 Å². The number of rotatable bonds is 5. The molecule has 3 rings (SSSR count). The highest BCUT2D eigenvalue weighted by Crippen LogP contribution is 2.27. The van der Waals surface area contributed by atoms with Gasteiger partial charge in [-0.2, -0.15) is 0 Å². The summed E-state index contributed by atoms with van der Waals surface area (Å²) in [6, 6.07) is 17.1. The fraction of sp³-hybridized carbons (Fsp3) is 0.235. The van der Waals surface area contributed by atoms with Crippen molar-refractivity contribution >= 4 is 37.5 Å². The van der Waals surface area contributed by atoms with E-state index in [1.807, 2.05) is 6.07 Å². The summed E-state index contributed by atoms with van der Waals surface area (Å²) in [5, 5.41) is 4.75. The zero-order valence-electron chi connectivity index (χ0n) is 11.8. The molecule has 0 bridgehead atoms. The van der Waals surface area contributed by atoms with Crippen molar-refractivity contribution in [1.29, 1.82) is 0 Å². The first-order chi connectivity index (χ1) is 10.3. The van der Waals surface area contributed by atoms with Crippen molar-refractivity contribution in [3.63, 3.8) is 0 Å². The number of thiazole rings is 1. The average Bonchev–Trinajstić information content (AvgIpc) is 2.89. The Hall–Kier alpha value is -1.23. The first-order valence-electron chi connectivity index (χ1n) is 7.09. The van der Waals surface area contributed by atoms with Crippen LogP contribution < -0.4 is 5.32 Å². The molecule has 0 saturated heterocycles. The topological polar surface area (TPSA) is 24.9 Å². The van der Waals surface area contributed by atoms with E-state index in [4.69, 9.17) is 4.98 Å². The number of benzene rings is 2. The van der Waals surface area contributed by atoms with Crippen LogP contribution in [0.15, 0.2) is 53.0 Å². The van der Waals surface area contributed by atoms with Gasteiger partial charge in [0.1, 0.15) is 0 Å². The number of para-hydroxylation sites is 1. The number of hydrogen-bond donors (Lipinski definition) is 1. The molecule has 0 aliphatic rings. The maximum absolute atomic E-state index is 4.75. The highest BCUT2D eigenvalue weighted by atomic mass is 79.9. The Kier molecular flexibility index (Phi) is 4.68. The van der Waals surface area contributed by atoms with E-state index in [1.54, 1.807) is 11.3 Å². The van der Waals surface area contributed by atoms with Crippen LogP contribution in [0.2, 0.25) is 0 Å². The molecule has 0 aliphatic carbocycles. The van der Waals surface area contributed by atoms with Gasteiger partial charge in [0.15, 0.2) is 0 Å². The first kappa shape index (κ1) is 14.7. The maximum Gasteiger partial charge on any atom is 0.0957 e. The van der Waals surface area contributed by atoms with Crippen molar-refractivity contribution in [3.8, 4) is 0 Å². The summed E-state index contributed by atoms with van der Waals surface area (Å²) in [7, 11) is 0. The maximum atomic E-state index is 4.75. The lowest BCUT2D eigenvalue weighted by molar-refractivity contribution is 0.549. The van der Waals surface area contributed by atoms with Crippen LogP contribution in [0.1, 0.15) is 23.5 Å². The second-order valence-electron chi connectivity index (χ2n) is 4.94. The van der Waals surface area contributed by atoms with Crippen LogP contribution in [0.4, 0.5) is 0 Å². The third-order valence-electron chi connectivity index (χ3n) is 3.42. The largest absolute Gasteiger partial charge is 0.310 e. The summed E-state index contributed by atoms with van der Waals surface area (Å²) in [4.78, 5) is 4.75. The molecule has 1 atom stereocenters. The molecule has 0 aliphatic heterocycles. The molecule has 0 saturated carbocycles. The molecule has 1 heterocycles. The van der Waals surface area contributed by atoms with Crippen molar-refractivity contribution in [2.24, 2.45) is 0 Å². The van der Waals surface area contributed by atoms with Crippen LogP contribution in [0.3, 0.4) is 0 Å². The average molecular weight is 361 g/mol. The van der Waals surface area contributed by atoms with E-state index in [1.165, 1.54) is 15.3 Å². The van der Waals surface area contributed by atoms with Crippen LogP contribution in [0.25, 0.3) is 10.2 Å². The molecule has 4 heteroatoms. The number of fused-ring (bicyclic) bond motifs is 1. The highest BCUT2D eigenvalue weighted by Gasteiger charge is 2.14. The molecular formula is C17H17BrN2S. The summed E-state index contributed by atoms with van der Waals surface area (Å²) < 4.78 is 2.38. The van der Waals surface area contributed by atoms with Gasteiger partial charge in [-0.1, -0.05) is 47.1 Å². The van der Waals surface area contributed by atoms with Crippen LogP contribution >= 0.6 is 27.3 Å². The van der Waals surface area contributed by atoms with Gasteiger partial charge in [-0.25, -0.2) is 4.98 Å². The number of nitrogens with one attached hydrogen (secondary N) is 1. The first-order valence-corrected chi connectivity index (χ1v) is 8.70.